The standard InChI is InChI=1S/C32H22N2OS/c33-18-26-15-14-25(32(30-19-34-21-36-30)35-20-22-8-2-1-3-9-22)17-29(26)31-27-12-6-4-10-23(27)16-24-11-5-7-13-28(24)31/h1-17,19,21,32H,20H2. The van der Waals surface area contributed by atoms with E-state index in [9.17, 15) is 5.26 Å². The van der Waals surface area contributed by atoms with E-state index in [2.05, 4.69) is 83.8 Å². The van der Waals surface area contributed by atoms with Crippen molar-refractivity contribution in [2.24, 2.45) is 0 Å². The Morgan fingerprint density at radius 1 is 0.806 bits per heavy atom. The van der Waals surface area contributed by atoms with E-state index in [1.807, 2.05) is 42.0 Å². The molecular formula is C32H22N2OS. The molecular weight excluding hydrogens is 460 g/mol. The van der Waals surface area contributed by atoms with Crippen molar-refractivity contribution in [1.29, 1.82) is 5.26 Å². The number of nitrogens with zero attached hydrogens (tertiary/aromatic N) is 2. The summed E-state index contributed by atoms with van der Waals surface area (Å²) in [6, 6.07) is 37.6. The number of ether oxygens (including phenoxy) is 1. The molecule has 4 heteroatoms. The SMILES string of the molecule is N#Cc1ccc(C(OCc2ccccc2)c2cncs2)cc1-c1c2ccccc2cc2ccccc12. The maximum atomic E-state index is 10.1. The molecule has 1 heterocycles. The fourth-order valence-corrected chi connectivity index (χ4v) is 5.48. The van der Waals surface area contributed by atoms with Crippen LogP contribution in [0, 0.1) is 11.3 Å². The van der Waals surface area contributed by atoms with Gasteiger partial charge in [0.15, 0.2) is 0 Å². The minimum atomic E-state index is -0.287. The van der Waals surface area contributed by atoms with Gasteiger partial charge in [-0.2, -0.15) is 5.26 Å². The Morgan fingerprint density at radius 2 is 1.50 bits per heavy atom. The molecule has 0 saturated carbocycles. The summed E-state index contributed by atoms with van der Waals surface area (Å²) in [6.07, 6.45) is 1.58. The monoisotopic (exact) mass is 482 g/mol. The Morgan fingerprint density at radius 3 is 2.17 bits per heavy atom. The third-order valence-corrected chi connectivity index (χ3v) is 7.30. The van der Waals surface area contributed by atoms with Crippen molar-refractivity contribution in [3.63, 3.8) is 0 Å². The normalized spacial score (nSPS) is 12.0. The Labute approximate surface area is 213 Å². The highest BCUT2D eigenvalue weighted by Crippen LogP contribution is 2.40. The second-order valence-electron chi connectivity index (χ2n) is 8.69. The topological polar surface area (TPSA) is 45.9 Å². The molecule has 0 saturated heterocycles. The van der Waals surface area contributed by atoms with E-state index < -0.39 is 0 Å². The Balaban J connectivity index is 1.54. The maximum Gasteiger partial charge on any atom is 0.119 e. The van der Waals surface area contributed by atoms with Crippen LogP contribution in [0.5, 0.6) is 0 Å². The molecule has 36 heavy (non-hydrogen) atoms. The van der Waals surface area contributed by atoms with Crippen LogP contribution >= 0.6 is 11.3 Å². The lowest BCUT2D eigenvalue weighted by atomic mass is 9.88. The highest BCUT2D eigenvalue weighted by atomic mass is 32.1. The summed E-state index contributed by atoms with van der Waals surface area (Å²) in [5.41, 5.74) is 6.58. The molecule has 6 aromatic rings. The summed E-state index contributed by atoms with van der Waals surface area (Å²) in [5.74, 6) is 0. The molecule has 1 unspecified atom stereocenters. The molecule has 0 N–H and O–H groups in total. The summed E-state index contributed by atoms with van der Waals surface area (Å²) in [7, 11) is 0. The van der Waals surface area contributed by atoms with Crippen LogP contribution in [-0.2, 0) is 11.3 Å². The zero-order chi connectivity index (χ0) is 24.3. The van der Waals surface area contributed by atoms with E-state index in [0.29, 0.717) is 12.2 Å². The smallest absolute Gasteiger partial charge is 0.119 e. The molecule has 1 aromatic heterocycles. The molecule has 0 aliphatic rings. The van der Waals surface area contributed by atoms with Gasteiger partial charge in [0.1, 0.15) is 6.10 Å². The molecule has 5 aromatic carbocycles. The van der Waals surface area contributed by atoms with Crippen molar-refractivity contribution in [2.75, 3.05) is 0 Å². The van der Waals surface area contributed by atoms with Crippen molar-refractivity contribution in [2.45, 2.75) is 12.7 Å². The Kier molecular flexibility index (Phi) is 6.01. The predicted molar refractivity (Wildman–Crippen MR) is 147 cm³/mol. The summed E-state index contributed by atoms with van der Waals surface area (Å²) in [6.45, 7) is 0.482. The molecule has 3 nitrogen and oxygen atoms in total. The fraction of sp³-hybridized carbons (Fsp3) is 0.0625. The number of benzene rings is 5. The van der Waals surface area contributed by atoms with Crippen LogP contribution in [0.3, 0.4) is 0 Å². The van der Waals surface area contributed by atoms with Crippen molar-refractivity contribution in [3.05, 3.63) is 136 Å². The molecule has 1 atom stereocenters. The number of nitriles is 1. The van der Waals surface area contributed by atoms with Gasteiger partial charge in [0, 0.05) is 11.8 Å². The molecule has 0 amide bonds. The molecule has 0 bridgehead atoms. The van der Waals surface area contributed by atoms with E-state index >= 15 is 0 Å². The van der Waals surface area contributed by atoms with E-state index in [0.717, 1.165) is 48.7 Å². The first-order valence-electron chi connectivity index (χ1n) is 11.8. The summed E-state index contributed by atoms with van der Waals surface area (Å²) in [5, 5.41) is 14.7. The average molecular weight is 483 g/mol. The zero-order valence-electron chi connectivity index (χ0n) is 19.5. The highest BCUT2D eigenvalue weighted by Gasteiger charge is 2.21. The van der Waals surface area contributed by atoms with Gasteiger partial charge in [-0.15, -0.1) is 11.3 Å². The summed E-state index contributed by atoms with van der Waals surface area (Å²) >= 11 is 1.58. The van der Waals surface area contributed by atoms with Crippen LogP contribution in [0.15, 0.2) is 115 Å². The Bertz CT molecular complexity index is 1650. The van der Waals surface area contributed by atoms with Gasteiger partial charge >= 0.3 is 0 Å². The second-order valence-corrected chi connectivity index (χ2v) is 9.61. The Hall–Kier alpha value is -4.30. The van der Waals surface area contributed by atoms with Crippen LogP contribution < -0.4 is 0 Å². The van der Waals surface area contributed by atoms with Crippen LogP contribution in [0.4, 0.5) is 0 Å². The van der Waals surface area contributed by atoms with E-state index in [-0.39, 0.29) is 6.10 Å². The van der Waals surface area contributed by atoms with Crippen molar-refractivity contribution in [1.82, 2.24) is 4.98 Å². The first-order valence-corrected chi connectivity index (χ1v) is 12.7. The van der Waals surface area contributed by atoms with Crippen molar-refractivity contribution >= 4 is 32.9 Å². The van der Waals surface area contributed by atoms with Gasteiger partial charge in [-0.1, -0.05) is 84.9 Å². The molecule has 172 valence electrons. The van der Waals surface area contributed by atoms with E-state index in [1.54, 1.807) is 11.3 Å². The highest BCUT2D eigenvalue weighted by molar-refractivity contribution is 7.09. The molecule has 0 radical (unpaired) electrons. The van der Waals surface area contributed by atoms with Crippen molar-refractivity contribution < 1.29 is 4.74 Å². The first-order chi connectivity index (χ1) is 17.8. The lowest BCUT2D eigenvalue weighted by molar-refractivity contribution is 0.0689. The third kappa shape index (κ3) is 4.16. The number of hydrogen-bond donors (Lipinski definition) is 0. The van der Waals surface area contributed by atoms with Gasteiger partial charge in [-0.25, -0.2) is 0 Å². The number of hydrogen-bond acceptors (Lipinski definition) is 4. The lowest BCUT2D eigenvalue weighted by Crippen LogP contribution is -2.06. The fourth-order valence-electron chi connectivity index (χ4n) is 4.78. The van der Waals surface area contributed by atoms with Gasteiger partial charge in [0.2, 0.25) is 0 Å². The number of aromatic nitrogens is 1. The van der Waals surface area contributed by atoms with Crippen molar-refractivity contribution in [3.8, 4) is 17.2 Å². The minimum absolute atomic E-state index is 0.287. The van der Waals surface area contributed by atoms with Crippen LogP contribution in [-0.4, -0.2) is 4.98 Å². The molecule has 0 aliphatic carbocycles. The first kappa shape index (κ1) is 22.2. The number of thiazole rings is 1. The second kappa shape index (κ2) is 9.75. The van der Waals surface area contributed by atoms with E-state index in [4.69, 9.17) is 4.74 Å². The molecule has 0 spiro atoms. The largest absolute Gasteiger partial charge is 0.363 e. The van der Waals surface area contributed by atoms with Crippen LogP contribution in [0.2, 0.25) is 0 Å². The predicted octanol–water partition coefficient (Wildman–Crippen LogP) is 8.29. The maximum absolute atomic E-state index is 10.1. The molecule has 0 fully saturated rings. The molecule has 6 rings (SSSR count). The number of fused-ring (bicyclic) bond motifs is 2. The summed E-state index contributed by atoms with van der Waals surface area (Å²) in [4.78, 5) is 5.34. The van der Waals surface area contributed by atoms with Gasteiger partial charge in [0.25, 0.3) is 0 Å². The lowest BCUT2D eigenvalue weighted by Gasteiger charge is -2.20. The van der Waals surface area contributed by atoms with E-state index in [1.165, 1.54) is 0 Å². The zero-order valence-corrected chi connectivity index (χ0v) is 20.3. The third-order valence-electron chi connectivity index (χ3n) is 6.48. The summed E-state index contributed by atoms with van der Waals surface area (Å²) < 4.78 is 6.49. The van der Waals surface area contributed by atoms with Gasteiger partial charge in [-0.05, 0) is 56.4 Å². The van der Waals surface area contributed by atoms with Gasteiger partial charge in [0.05, 0.1) is 28.6 Å². The minimum Gasteiger partial charge on any atom is -0.363 e. The quantitative estimate of drug-likeness (QED) is 0.224. The van der Waals surface area contributed by atoms with Gasteiger partial charge in [-0.3, -0.25) is 4.98 Å². The van der Waals surface area contributed by atoms with Crippen LogP contribution in [0.25, 0.3) is 32.7 Å². The number of rotatable bonds is 6. The molecule has 0 aliphatic heterocycles. The van der Waals surface area contributed by atoms with Crippen LogP contribution in [0.1, 0.15) is 27.7 Å². The van der Waals surface area contributed by atoms with Gasteiger partial charge < -0.3 is 4.74 Å². The average Bonchev–Trinajstić information content (AvgIpc) is 3.47.